The average molecular weight is 326 g/mol. The Hall–Kier alpha value is -0.380. The second-order valence-corrected chi connectivity index (χ2v) is 6.50. The van der Waals surface area contributed by atoms with Gasteiger partial charge in [0.25, 0.3) is 0 Å². The summed E-state index contributed by atoms with van der Waals surface area (Å²) in [5.41, 5.74) is 3.01. The highest BCUT2D eigenvalue weighted by Gasteiger charge is 2.17. The smallest absolute Gasteiger partial charge is 0.0518 e. The maximum absolute atomic E-state index is 5.56. The molecular weight excluding hydrogens is 302 g/mol. The summed E-state index contributed by atoms with van der Waals surface area (Å²) < 4.78 is 6.75. The minimum atomic E-state index is 0.347. The van der Waals surface area contributed by atoms with Crippen LogP contribution in [0.5, 0.6) is 0 Å². The second-order valence-electron chi connectivity index (χ2n) is 5.58. The molecule has 0 saturated heterocycles. The number of hydrogen-bond acceptors (Lipinski definition) is 2. The molecule has 0 saturated carbocycles. The van der Waals surface area contributed by atoms with Gasteiger partial charge in [-0.1, -0.05) is 22.0 Å². The van der Waals surface area contributed by atoms with Crippen LogP contribution in [0.4, 0.5) is 0 Å². The van der Waals surface area contributed by atoms with Crippen molar-refractivity contribution in [1.29, 1.82) is 0 Å². The lowest BCUT2D eigenvalue weighted by Crippen LogP contribution is -2.35. The van der Waals surface area contributed by atoms with Gasteiger partial charge in [0.2, 0.25) is 0 Å². The van der Waals surface area contributed by atoms with E-state index in [1.165, 1.54) is 28.4 Å². The first kappa shape index (κ1) is 15.0. The van der Waals surface area contributed by atoms with E-state index >= 15 is 0 Å². The van der Waals surface area contributed by atoms with E-state index in [2.05, 4.69) is 53.3 Å². The zero-order chi connectivity index (χ0) is 13.7. The highest BCUT2D eigenvalue weighted by atomic mass is 79.9. The second kappa shape index (κ2) is 7.41. The lowest BCUT2D eigenvalue weighted by Gasteiger charge is -2.26. The molecule has 1 aliphatic carbocycles. The molecule has 0 amide bonds. The number of hydrogen-bond donors (Lipinski definition) is 1. The van der Waals surface area contributed by atoms with Gasteiger partial charge in [-0.05, 0) is 69.3 Å². The van der Waals surface area contributed by atoms with Crippen LogP contribution in [0, 0.1) is 0 Å². The van der Waals surface area contributed by atoms with E-state index in [1.807, 2.05) is 0 Å². The molecule has 0 radical (unpaired) electrons. The fraction of sp³-hybridized carbons (Fsp3) is 0.625. The van der Waals surface area contributed by atoms with Crippen molar-refractivity contribution in [3.8, 4) is 0 Å². The van der Waals surface area contributed by atoms with Gasteiger partial charge in [-0.15, -0.1) is 0 Å². The third-order valence-corrected chi connectivity index (χ3v) is 4.10. The normalized spacial score (nSPS) is 18.6. The molecule has 1 atom stereocenters. The Morgan fingerprint density at radius 1 is 1.37 bits per heavy atom. The lowest BCUT2D eigenvalue weighted by atomic mass is 9.88. The number of ether oxygens (including phenoxy) is 1. The number of fused-ring (bicyclic) bond motifs is 1. The monoisotopic (exact) mass is 325 g/mol. The van der Waals surface area contributed by atoms with Crippen LogP contribution in [-0.2, 0) is 17.6 Å². The van der Waals surface area contributed by atoms with Gasteiger partial charge in [0.05, 0.1) is 6.10 Å². The van der Waals surface area contributed by atoms with Gasteiger partial charge >= 0.3 is 0 Å². The van der Waals surface area contributed by atoms with Crippen molar-refractivity contribution < 1.29 is 4.74 Å². The molecule has 0 bridgehead atoms. The Bertz CT molecular complexity index is 406. The van der Waals surface area contributed by atoms with E-state index in [9.17, 15) is 0 Å². The average Bonchev–Trinajstić information content (AvgIpc) is 2.38. The van der Waals surface area contributed by atoms with Gasteiger partial charge in [-0.3, -0.25) is 0 Å². The fourth-order valence-corrected chi connectivity index (χ4v) is 3.00. The molecule has 0 fully saturated rings. The minimum Gasteiger partial charge on any atom is -0.379 e. The summed E-state index contributed by atoms with van der Waals surface area (Å²) >= 11 is 3.55. The molecule has 1 aromatic carbocycles. The van der Waals surface area contributed by atoms with E-state index in [0.29, 0.717) is 12.1 Å². The van der Waals surface area contributed by atoms with Crippen molar-refractivity contribution in [3.05, 3.63) is 33.8 Å². The summed E-state index contributed by atoms with van der Waals surface area (Å²) in [4.78, 5) is 0. The van der Waals surface area contributed by atoms with Crippen molar-refractivity contribution >= 4 is 15.9 Å². The Balaban J connectivity index is 1.71. The number of nitrogens with one attached hydrogen (secondary N) is 1. The van der Waals surface area contributed by atoms with Crippen LogP contribution in [-0.4, -0.2) is 25.3 Å². The molecule has 3 heteroatoms. The highest BCUT2D eigenvalue weighted by Crippen LogP contribution is 2.24. The molecule has 2 nitrogen and oxygen atoms in total. The van der Waals surface area contributed by atoms with Crippen molar-refractivity contribution in [2.24, 2.45) is 0 Å². The van der Waals surface area contributed by atoms with Crippen LogP contribution in [0.2, 0.25) is 0 Å². The van der Waals surface area contributed by atoms with Crippen LogP contribution in [0.15, 0.2) is 22.7 Å². The van der Waals surface area contributed by atoms with E-state index in [4.69, 9.17) is 4.74 Å². The third kappa shape index (κ3) is 4.90. The fourth-order valence-electron chi connectivity index (χ4n) is 2.60. The van der Waals surface area contributed by atoms with Crippen LogP contribution >= 0.6 is 15.9 Å². The number of benzene rings is 1. The maximum Gasteiger partial charge on any atom is 0.0518 e. The Kier molecular flexibility index (Phi) is 5.86. The van der Waals surface area contributed by atoms with E-state index in [0.717, 1.165) is 26.0 Å². The maximum atomic E-state index is 5.56. The summed E-state index contributed by atoms with van der Waals surface area (Å²) in [5, 5.41) is 3.66. The van der Waals surface area contributed by atoms with Crippen LogP contribution in [0.1, 0.15) is 37.8 Å². The van der Waals surface area contributed by atoms with E-state index in [-0.39, 0.29) is 0 Å². The molecular formula is C16H24BrNO. The third-order valence-electron chi connectivity index (χ3n) is 3.60. The molecule has 1 N–H and O–H groups in total. The van der Waals surface area contributed by atoms with Crippen molar-refractivity contribution in [1.82, 2.24) is 5.32 Å². The highest BCUT2D eigenvalue weighted by molar-refractivity contribution is 9.10. The molecule has 106 valence electrons. The van der Waals surface area contributed by atoms with Crippen LogP contribution in [0.3, 0.4) is 0 Å². The molecule has 1 unspecified atom stereocenters. The van der Waals surface area contributed by atoms with Gasteiger partial charge in [-0.2, -0.15) is 0 Å². The molecule has 0 aromatic heterocycles. The Morgan fingerprint density at radius 3 is 3.00 bits per heavy atom. The predicted octanol–water partition coefficient (Wildman–Crippen LogP) is 3.71. The summed E-state index contributed by atoms with van der Waals surface area (Å²) in [7, 11) is 0. The minimum absolute atomic E-state index is 0.347. The summed E-state index contributed by atoms with van der Waals surface area (Å²) in [6.07, 6.45) is 5.04. The number of aryl methyl sites for hydroxylation is 1. The Morgan fingerprint density at radius 2 is 2.21 bits per heavy atom. The summed E-state index contributed by atoms with van der Waals surface area (Å²) in [6.45, 7) is 6.09. The predicted molar refractivity (Wildman–Crippen MR) is 83.7 cm³/mol. The first-order valence-corrected chi connectivity index (χ1v) is 8.06. The number of halogens is 1. The lowest BCUT2D eigenvalue weighted by molar-refractivity contribution is 0.0766. The zero-order valence-corrected chi connectivity index (χ0v) is 13.5. The molecule has 1 aromatic rings. The van der Waals surface area contributed by atoms with Gasteiger partial charge in [0.1, 0.15) is 0 Å². The van der Waals surface area contributed by atoms with Gasteiger partial charge in [-0.25, -0.2) is 0 Å². The van der Waals surface area contributed by atoms with E-state index in [1.54, 1.807) is 0 Å². The molecule has 19 heavy (non-hydrogen) atoms. The molecule has 0 heterocycles. The van der Waals surface area contributed by atoms with Gasteiger partial charge < -0.3 is 10.1 Å². The first-order valence-electron chi connectivity index (χ1n) is 7.27. The topological polar surface area (TPSA) is 21.3 Å². The SMILES string of the molecule is CC(C)OCCCNC1CCc2cc(Br)ccc2C1. The molecule has 0 spiro atoms. The van der Waals surface area contributed by atoms with Gasteiger partial charge in [0.15, 0.2) is 0 Å². The van der Waals surface area contributed by atoms with Gasteiger partial charge in [0, 0.05) is 17.1 Å². The standard InChI is InChI=1S/C16H24BrNO/c1-12(2)19-9-3-8-18-16-7-5-13-10-15(17)6-4-14(13)11-16/h4,6,10,12,16,18H,3,5,7-9,11H2,1-2H3. The quantitative estimate of drug-likeness (QED) is 0.805. The van der Waals surface area contributed by atoms with Crippen molar-refractivity contribution in [2.45, 2.75) is 51.7 Å². The largest absolute Gasteiger partial charge is 0.379 e. The first-order chi connectivity index (χ1) is 9.15. The number of rotatable bonds is 6. The molecule has 0 aliphatic heterocycles. The molecule has 2 rings (SSSR count). The van der Waals surface area contributed by atoms with Crippen LogP contribution in [0.25, 0.3) is 0 Å². The zero-order valence-electron chi connectivity index (χ0n) is 11.9. The van der Waals surface area contributed by atoms with Crippen molar-refractivity contribution in [2.75, 3.05) is 13.2 Å². The van der Waals surface area contributed by atoms with Crippen LogP contribution < -0.4 is 5.32 Å². The molecule has 1 aliphatic rings. The van der Waals surface area contributed by atoms with E-state index < -0.39 is 0 Å². The van der Waals surface area contributed by atoms with Crippen molar-refractivity contribution in [3.63, 3.8) is 0 Å². The summed E-state index contributed by atoms with van der Waals surface area (Å²) in [6, 6.07) is 7.31. The Labute approximate surface area is 125 Å². The summed E-state index contributed by atoms with van der Waals surface area (Å²) in [5.74, 6) is 0.